The molecule has 2 rings (SSSR count). The second-order valence-corrected chi connectivity index (χ2v) is 2.84. The minimum atomic E-state index is 0.00301. The minimum Gasteiger partial charge on any atom is -0.488 e. The molecule has 0 saturated carbocycles. The molecule has 0 N–H and O–H groups in total. The van der Waals surface area contributed by atoms with E-state index in [1.54, 1.807) is 17.2 Å². The molecular weight excluding hydrogens is 168 g/mol. The van der Waals surface area contributed by atoms with E-state index in [4.69, 9.17) is 4.74 Å². The number of carbonyl (C=O) groups is 1. The SMILES string of the molecule is CC(=O)N1CCOc2cccnc21. The van der Waals surface area contributed by atoms with Gasteiger partial charge < -0.3 is 4.74 Å². The van der Waals surface area contributed by atoms with Gasteiger partial charge in [-0.1, -0.05) is 0 Å². The summed E-state index contributed by atoms with van der Waals surface area (Å²) in [6.07, 6.45) is 1.66. The van der Waals surface area contributed by atoms with E-state index < -0.39 is 0 Å². The predicted octanol–water partition coefficient (Wildman–Crippen LogP) is 0.827. The fraction of sp³-hybridized carbons (Fsp3) is 0.333. The molecule has 0 bridgehead atoms. The van der Waals surface area contributed by atoms with Crippen molar-refractivity contribution in [2.45, 2.75) is 6.92 Å². The summed E-state index contributed by atoms with van der Waals surface area (Å²) in [4.78, 5) is 16.9. The van der Waals surface area contributed by atoms with Crippen molar-refractivity contribution < 1.29 is 9.53 Å². The van der Waals surface area contributed by atoms with Crippen molar-refractivity contribution in [3.63, 3.8) is 0 Å². The van der Waals surface area contributed by atoms with E-state index in [1.807, 2.05) is 6.07 Å². The van der Waals surface area contributed by atoms with E-state index in [2.05, 4.69) is 4.98 Å². The average Bonchev–Trinajstić information content (AvgIpc) is 2.17. The highest BCUT2D eigenvalue weighted by atomic mass is 16.5. The number of carbonyl (C=O) groups excluding carboxylic acids is 1. The Balaban J connectivity index is 2.42. The topological polar surface area (TPSA) is 42.4 Å². The number of aromatic nitrogens is 1. The molecule has 1 aromatic heterocycles. The number of amides is 1. The van der Waals surface area contributed by atoms with E-state index in [-0.39, 0.29) is 5.91 Å². The third-order valence-corrected chi connectivity index (χ3v) is 1.96. The van der Waals surface area contributed by atoms with Gasteiger partial charge in [-0.05, 0) is 12.1 Å². The number of anilines is 1. The molecule has 1 aliphatic rings. The molecule has 0 spiro atoms. The van der Waals surface area contributed by atoms with Crippen molar-refractivity contribution in [2.75, 3.05) is 18.1 Å². The van der Waals surface area contributed by atoms with Crippen LogP contribution in [0.1, 0.15) is 6.92 Å². The van der Waals surface area contributed by atoms with Crippen molar-refractivity contribution >= 4 is 11.7 Å². The first-order chi connectivity index (χ1) is 6.29. The summed E-state index contributed by atoms with van der Waals surface area (Å²) in [6.45, 7) is 2.65. The minimum absolute atomic E-state index is 0.00301. The van der Waals surface area contributed by atoms with Crippen LogP contribution in [0.25, 0.3) is 0 Å². The molecule has 0 fully saturated rings. The molecule has 0 saturated heterocycles. The van der Waals surface area contributed by atoms with Gasteiger partial charge in [-0.15, -0.1) is 0 Å². The zero-order valence-electron chi connectivity index (χ0n) is 7.36. The van der Waals surface area contributed by atoms with Crippen LogP contribution in [0.15, 0.2) is 18.3 Å². The lowest BCUT2D eigenvalue weighted by atomic mass is 10.3. The number of hydrogen-bond acceptors (Lipinski definition) is 3. The summed E-state index contributed by atoms with van der Waals surface area (Å²) in [5, 5.41) is 0. The van der Waals surface area contributed by atoms with Crippen LogP contribution in [0.3, 0.4) is 0 Å². The van der Waals surface area contributed by atoms with E-state index in [0.29, 0.717) is 24.7 Å². The van der Waals surface area contributed by atoms with Crippen LogP contribution in [0, 0.1) is 0 Å². The van der Waals surface area contributed by atoms with E-state index in [1.165, 1.54) is 6.92 Å². The smallest absolute Gasteiger partial charge is 0.225 e. The highest BCUT2D eigenvalue weighted by molar-refractivity contribution is 5.92. The van der Waals surface area contributed by atoms with Crippen molar-refractivity contribution in [3.8, 4) is 5.75 Å². The third-order valence-electron chi connectivity index (χ3n) is 1.96. The van der Waals surface area contributed by atoms with E-state index >= 15 is 0 Å². The van der Waals surface area contributed by atoms with Gasteiger partial charge >= 0.3 is 0 Å². The summed E-state index contributed by atoms with van der Waals surface area (Å²) in [7, 11) is 0. The maximum atomic E-state index is 11.2. The first-order valence-electron chi connectivity index (χ1n) is 4.15. The molecule has 0 aromatic carbocycles. The molecule has 4 nitrogen and oxygen atoms in total. The zero-order chi connectivity index (χ0) is 9.26. The second kappa shape index (κ2) is 3.05. The van der Waals surface area contributed by atoms with Gasteiger partial charge in [0.2, 0.25) is 5.91 Å². The van der Waals surface area contributed by atoms with Crippen molar-refractivity contribution in [1.29, 1.82) is 0 Å². The summed E-state index contributed by atoms with van der Waals surface area (Å²) in [5.74, 6) is 1.31. The molecular formula is C9H10N2O2. The number of fused-ring (bicyclic) bond motifs is 1. The summed E-state index contributed by atoms with van der Waals surface area (Å²) >= 11 is 0. The van der Waals surface area contributed by atoms with Gasteiger partial charge in [0.25, 0.3) is 0 Å². The number of rotatable bonds is 0. The third kappa shape index (κ3) is 1.35. The molecule has 4 heteroatoms. The fourth-order valence-electron chi connectivity index (χ4n) is 1.36. The predicted molar refractivity (Wildman–Crippen MR) is 47.8 cm³/mol. The van der Waals surface area contributed by atoms with Crippen molar-refractivity contribution in [1.82, 2.24) is 4.98 Å². The van der Waals surface area contributed by atoms with Gasteiger partial charge in [0.1, 0.15) is 6.61 Å². The quantitative estimate of drug-likeness (QED) is 0.590. The molecule has 1 amide bonds. The number of nitrogens with zero attached hydrogens (tertiary/aromatic N) is 2. The first-order valence-corrected chi connectivity index (χ1v) is 4.15. The van der Waals surface area contributed by atoms with Crippen molar-refractivity contribution in [2.24, 2.45) is 0 Å². The van der Waals surface area contributed by atoms with Crippen LogP contribution in [0.4, 0.5) is 5.82 Å². The molecule has 1 aromatic rings. The standard InChI is InChI=1S/C9H10N2O2/c1-7(12)11-5-6-13-8-3-2-4-10-9(8)11/h2-4H,5-6H2,1H3. The Bertz CT molecular complexity index is 338. The Labute approximate surface area is 76.1 Å². The van der Waals surface area contributed by atoms with Crippen molar-refractivity contribution in [3.05, 3.63) is 18.3 Å². The van der Waals surface area contributed by atoms with Gasteiger partial charge in [0, 0.05) is 13.1 Å². The molecule has 0 unspecified atom stereocenters. The Kier molecular flexibility index (Phi) is 1.88. The van der Waals surface area contributed by atoms with Crippen LogP contribution >= 0.6 is 0 Å². The van der Waals surface area contributed by atoms with Gasteiger partial charge in [-0.3, -0.25) is 9.69 Å². The maximum Gasteiger partial charge on any atom is 0.225 e. The monoisotopic (exact) mass is 178 g/mol. The Morgan fingerprint density at radius 2 is 2.54 bits per heavy atom. The highest BCUT2D eigenvalue weighted by Crippen LogP contribution is 2.27. The number of hydrogen-bond donors (Lipinski definition) is 0. The Morgan fingerprint density at radius 3 is 3.31 bits per heavy atom. The van der Waals surface area contributed by atoms with Gasteiger partial charge in [-0.25, -0.2) is 4.98 Å². The molecule has 0 radical (unpaired) electrons. The first kappa shape index (κ1) is 8.04. The van der Waals surface area contributed by atoms with E-state index in [0.717, 1.165) is 0 Å². The maximum absolute atomic E-state index is 11.2. The van der Waals surface area contributed by atoms with Crippen LogP contribution in [0.2, 0.25) is 0 Å². The zero-order valence-corrected chi connectivity index (χ0v) is 7.36. The van der Waals surface area contributed by atoms with Crippen LogP contribution in [-0.4, -0.2) is 24.0 Å². The van der Waals surface area contributed by atoms with Gasteiger partial charge in [0.05, 0.1) is 6.54 Å². The summed E-state index contributed by atoms with van der Waals surface area (Å²) in [6, 6.07) is 3.61. The normalized spacial score (nSPS) is 14.7. The molecule has 1 aliphatic heterocycles. The average molecular weight is 178 g/mol. The molecule has 13 heavy (non-hydrogen) atoms. The van der Waals surface area contributed by atoms with Gasteiger partial charge in [-0.2, -0.15) is 0 Å². The molecule has 0 atom stereocenters. The highest BCUT2D eigenvalue weighted by Gasteiger charge is 2.21. The van der Waals surface area contributed by atoms with E-state index in [9.17, 15) is 4.79 Å². The lowest BCUT2D eigenvalue weighted by molar-refractivity contribution is -0.116. The van der Waals surface area contributed by atoms with Crippen LogP contribution < -0.4 is 9.64 Å². The van der Waals surface area contributed by atoms with Crippen LogP contribution in [0.5, 0.6) is 5.75 Å². The fourth-order valence-corrected chi connectivity index (χ4v) is 1.36. The summed E-state index contributed by atoms with van der Waals surface area (Å²) < 4.78 is 5.35. The Morgan fingerprint density at radius 1 is 1.69 bits per heavy atom. The number of ether oxygens (including phenoxy) is 1. The lowest BCUT2D eigenvalue weighted by Crippen LogP contribution is -2.36. The largest absolute Gasteiger partial charge is 0.488 e. The molecule has 2 heterocycles. The molecule has 68 valence electrons. The lowest BCUT2D eigenvalue weighted by Gasteiger charge is -2.26. The Hall–Kier alpha value is -1.58. The second-order valence-electron chi connectivity index (χ2n) is 2.84. The van der Waals surface area contributed by atoms with Gasteiger partial charge in [0.15, 0.2) is 11.6 Å². The molecule has 0 aliphatic carbocycles. The number of pyridine rings is 1. The van der Waals surface area contributed by atoms with Crippen LogP contribution in [-0.2, 0) is 4.79 Å². The summed E-state index contributed by atoms with van der Waals surface area (Å²) in [5.41, 5.74) is 0.